The summed E-state index contributed by atoms with van der Waals surface area (Å²) < 4.78 is 13.2. The monoisotopic (exact) mass is 180 g/mol. The lowest BCUT2D eigenvalue weighted by atomic mass is 10.2. The van der Waals surface area contributed by atoms with E-state index in [1.165, 1.54) is 18.3 Å². The number of hydrogen-bond donors (Lipinski definition) is 0. The molecule has 0 aromatic carbocycles. The van der Waals surface area contributed by atoms with Gasteiger partial charge in [0.15, 0.2) is 0 Å². The highest BCUT2D eigenvalue weighted by Crippen LogP contribution is 2.18. The zero-order valence-corrected chi connectivity index (χ0v) is 7.71. The van der Waals surface area contributed by atoms with Gasteiger partial charge in [-0.25, -0.2) is 14.4 Å². The van der Waals surface area contributed by atoms with Crippen LogP contribution in [0.5, 0.6) is 0 Å². The largest absolute Gasteiger partial charge is 0.241 e. The van der Waals surface area contributed by atoms with Crippen molar-refractivity contribution in [3.63, 3.8) is 0 Å². The molecule has 1 rings (SSSR count). The zero-order valence-electron chi connectivity index (χ0n) is 7.71. The molecular weight excluding hydrogens is 167 g/mol. The third-order valence-corrected chi connectivity index (χ3v) is 1.64. The normalized spacial score (nSPS) is 11.5. The van der Waals surface area contributed by atoms with Crippen molar-refractivity contribution in [2.24, 2.45) is 0 Å². The third-order valence-electron chi connectivity index (χ3n) is 1.64. The lowest BCUT2D eigenvalue weighted by Crippen LogP contribution is -1.95. The van der Waals surface area contributed by atoms with E-state index in [2.05, 4.69) is 16.5 Å². The number of halogens is 1. The summed E-state index contributed by atoms with van der Waals surface area (Å²) >= 11 is 0. The van der Waals surface area contributed by atoms with Gasteiger partial charge in [-0.05, 0) is 19.9 Å². The van der Waals surface area contributed by atoms with E-state index < -0.39 is 0 Å². The number of rotatable bonds is 2. The van der Waals surface area contributed by atoms with Gasteiger partial charge in [-0.3, -0.25) is 0 Å². The van der Waals surface area contributed by atoms with Crippen LogP contribution in [0.3, 0.4) is 0 Å². The highest BCUT2D eigenvalue weighted by Gasteiger charge is 2.06. The summed E-state index contributed by atoms with van der Waals surface area (Å²) in [6, 6.07) is 0. The average molecular weight is 180 g/mol. The summed E-state index contributed by atoms with van der Waals surface area (Å²) in [6.45, 7) is 6.95. The number of aryl methyl sites for hydroxylation is 1. The summed E-state index contributed by atoms with van der Waals surface area (Å²) in [6.07, 6.45) is 4.36. The van der Waals surface area contributed by atoms with Gasteiger partial charge >= 0.3 is 0 Å². The second-order valence-electron chi connectivity index (χ2n) is 2.56. The van der Waals surface area contributed by atoms with Crippen LogP contribution in [0.15, 0.2) is 18.9 Å². The Morgan fingerprint density at radius 3 is 2.92 bits per heavy atom. The second-order valence-corrected chi connectivity index (χ2v) is 2.56. The average Bonchev–Trinajstić information content (AvgIpc) is 2.16. The van der Waals surface area contributed by atoms with E-state index in [0.717, 1.165) is 0 Å². The van der Waals surface area contributed by atoms with E-state index in [-0.39, 0.29) is 7.25 Å². The fourth-order valence-electron chi connectivity index (χ4n) is 0.983. The minimum atomic E-state index is -0.324. The van der Waals surface area contributed by atoms with Gasteiger partial charge in [0, 0.05) is 7.62 Å². The van der Waals surface area contributed by atoms with Crippen molar-refractivity contribution in [1.82, 2.24) is 9.97 Å². The first-order valence-corrected chi connectivity index (χ1v) is 3.97. The summed E-state index contributed by atoms with van der Waals surface area (Å²) in [7, 11) is 0. The molecule has 0 amide bonds. The van der Waals surface area contributed by atoms with Crippen LogP contribution in [0.4, 0.5) is 4.39 Å². The molecule has 0 N–H and O–H groups in total. The predicted molar refractivity (Wildman–Crippen MR) is 53.7 cm³/mol. The maximum atomic E-state index is 13.2. The van der Waals surface area contributed by atoms with Crippen molar-refractivity contribution in [3.8, 4) is 0 Å². The molecular formula is C10H13FN2. The fourth-order valence-corrected chi connectivity index (χ4v) is 0.983. The first-order valence-electron chi connectivity index (χ1n) is 3.97. The highest BCUT2D eigenvalue weighted by molar-refractivity contribution is 5.66. The van der Waals surface area contributed by atoms with E-state index in [4.69, 9.17) is 0 Å². The van der Waals surface area contributed by atoms with E-state index in [0.29, 0.717) is 17.1 Å². The minimum Gasteiger partial charge on any atom is -0.241 e. The van der Waals surface area contributed by atoms with E-state index in [9.17, 15) is 4.39 Å². The Balaban J connectivity index is 0.00000169. The molecule has 1 aromatic rings. The van der Waals surface area contributed by atoms with Crippen molar-refractivity contribution in [1.29, 1.82) is 0 Å². The topological polar surface area (TPSA) is 25.8 Å². The molecule has 2 nitrogen and oxygen atoms in total. The quantitative estimate of drug-likeness (QED) is 0.699. The van der Waals surface area contributed by atoms with Crippen molar-refractivity contribution >= 4 is 11.9 Å². The fraction of sp³-hybridized carbons (Fsp3) is 0.200. The van der Waals surface area contributed by atoms with Crippen LogP contribution in [-0.2, 0) is 0 Å². The molecule has 1 heterocycles. The molecule has 0 unspecified atom stereocenters. The summed E-state index contributed by atoms with van der Waals surface area (Å²) in [5.41, 5.74) is 0.922. The molecule has 3 heteroatoms. The van der Waals surface area contributed by atoms with Gasteiger partial charge in [0.2, 0.25) is 0 Å². The van der Waals surface area contributed by atoms with Crippen LogP contribution in [0.1, 0.15) is 25.4 Å². The predicted octanol–water partition coefficient (Wildman–Crippen LogP) is 3.00. The smallest absolute Gasteiger partial charge is 0.129 e. The molecule has 70 valence electrons. The summed E-state index contributed by atoms with van der Waals surface area (Å²) in [5.74, 6) is 0.289. The van der Waals surface area contributed by atoms with Gasteiger partial charge in [0.1, 0.15) is 11.7 Å². The van der Waals surface area contributed by atoms with Gasteiger partial charge in [-0.1, -0.05) is 12.7 Å². The Kier molecular flexibility index (Phi) is 2.90. The minimum absolute atomic E-state index is 0. The van der Waals surface area contributed by atoms with E-state index in [1.807, 2.05) is 0 Å². The maximum Gasteiger partial charge on any atom is 0.129 e. The number of hydrogen-bond acceptors (Lipinski definition) is 2. The van der Waals surface area contributed by atoms with Crippen LogP contribution in [0, 0.1) is 6.92 Å². The Morgan fingerprint density at radius 1 is 1.69 bits per heavy atom. The summed E-state index contributed by atoms with van der Waals surface area (Å²) in [4.78, 5) is 7.97. The number of nitrogens with zero attached hydrogens (tertiary/aromatic N) is 2. The van der Waals surface area contributed by atoms with Gasteiger partial charge in [0.05, 0.1) is 11.3 Å². The molecule has 0 radical (unpaired) electrons. The lowest BCUT2D eigenvalue weighted by molar-refractivity contribution is 0.754. The molecule has 0 spiro atoms. The van der Waals surface area contributed by atoms with Crippen LogP contribution in [0.2, 0.25) is 0 Å². The third kappa shape index (κ3) is 1.99. The standard InChI is InChI=1S/C10H11FN2.H2/c1-4-9(11)8-6-12-7(3)13-10(8)5-2;/h4-6H,2H2,1,3H3;1H/b9-4+;. The molecule has 13 heavy (non-hydrogen) atoms. The Morgan fingerprint density at radius 2 is 2.38 bits per heavy atom. The van der Waals surface area contributed by atoms with Crippen molar-refractivity contribution < 1.29 is 5.82 Å². The van der Waals surface area contributed by atoms with Gasteiger partial charge < -0.3 is 0 Å². The zero-order chi connectivity index (χ0) is 9.84. The summed E-state index contributed by atoms with van der Waals surface area (Å²) in [5, 5.41) is 0. The van der Waals surface area contributed by atoms with Crippen LogP contribution < -0.4 is 0 Å². The number of allylic oxidation sites excluding steroid dienone is 1. The lowest BCUT2D eigenvalue weighted by Gasteiger charge is -2.02. The van der Waals surface area contributed by atoms with Crippen molar-refractivity contribution in [2.75, 3.05) is 0 Å². The van der Waals surface area contributed by atoms with Gasteiger partial charge in [-0.2, -0.15) is 0 Å². The molecule has 0 bridgehead atoms. The Bertz CT molecular complexity index is 361. The van der Waals surface area contributed by atoms with Crippen LogP contribution in [-0.4, -0.2) is 9.97 Å². The van der Waals surface area contributed by atoms with Gasteiger partial charge in [0.25, 0.3) is 0 Å². The van der Waals surface area contributed by atoms with E-state index in [1.54, 1.807) is 13.8 Å². The Labute approximate surface area is 78.3 Å². The van der Waals surface area contributed by atoms with Crippen LogP contribution in [0.25, 0.3) is 11.9 Å². The molecule has 0 atom stereocenters. The first-order chi connectivity index (χ1) is 6.19. The molecule has 0 fully saturated rings. The van der Waals surface area contributed by atoms with E-state index >= 15 is 0 Å². The molecule has 1 aromatic heterocycles. The van der Waals surface area contributed by atoms with Crippen LogP contribution >= 0.6 is 0 Å². The number of aromatic nitrogens is 2. The van der Waals surface area contributed by atoms with Crippen molar-refractivity contribution in [3.05, 3.63) is 35.9 Å². The molecule has 0 aliphatic carbocycles. The Hall–Kier alpha value is -1.51. The SMILES string of the molecule is C=Cc1nc(C)ncc1/C(F)=C\C.[HH]. The molecule has 0 aliphatic heterocycles. The maximum absolute atomic E-state index is 13.2. The highest BCUT2D eigenvalue weighted by atomic mass is 19.1. The molecule has 0 saturated carbocycles. The molecule has 0 saturated heterocycles. The first kappa shape index (κ1) is 9.58. The van der Waals surface area contributed by atoms with Gasteiger partial charge in [-0.15, -0.1) is 0 Å². The van der Waals surface area contributed by atoms with Crippen molar-refractivity contribution in [2.45, 2.75) is 13.8 Å². The molecule has 0 aliphatic rings. The second kappa shape index (κ2) is 3.94.